The van der Waals surface area contributed by atoms with Gasteiger partial charge in [-0.25, -0.2) is 0 Å². The molecule has 5 heteroatoms. The van der Waals surface area contributed by atoms with Crippen LogP contribution in [-0.2, 0) is 0 Å². The lowest BCUT2D eigenvalue weighted by atomic mass is 10.1. The van der Waals surface area contributed by atoms with Crippen molar-refractivity contribution in [3.8, 4) is 17.2 Å². The second-order valence-corrected chi connectivity index (χ2v) is 5.49. The Kier molecular flexibility index (Phi) is 5.56. The van der Waals surface area contributed by atoms with Gasteiger partial charge in [-0.05, 0) is 39.4 Å². The predicted octanol–water partition coefficient (Wildman–Crippen LogP) is 2.61. The van der Waals surface area contributed by atoms with Crippen LogP contribution in [0.1, 0.15) is 19.3 Å². The molecule has 1 unspecified atom stereocenters. The first-order valence-electron chi connectivity index (χ1n) is 7.43. The third kappa shape index (κ3) is 3.94. The van der Waals surface area contributed by atoms with Crippen LogP contribution in [0.15, 0.2) is 12.1 Å². The van der Waals surface area contributed by atoms with Gasteiger partial charge in [0.05, 0.1) is 21.3 Å². The second kappa shape index (κ2) is 7.41. The highest BCUT2D eigenvalue weighted by Crippen LogP contribution is 2.40. The van der Waals surface area contributed by atoms with Crippen molar-refractivity contribution in [1.82, 2.24) is 4.90 Å². The van der Waals surface area contributed by atoms with Crippen molar-refractivity contribution >= 4 is 5.69 Å². The van der Waals surface area contributed by atoms with Crippen LogP contribution in [0.4, 0.5) is 5.69 Å². The molecule has 1 aliphatic rings. The molecule has 1 heterocycles. The summed E-state index contributed by atoms with van der Waals surface area (Å²) in [5.74, 6) is 2.00. The molecule has 0 spiro atoms. The van der Waals surface area contributed by atoms with Gasteiger partial charge in [0, 0.05) is 23.9 Å². The SMILES string of the molecule is COc1cc(NC2CCCN(C)CC2)cc(OC)c1OC. The Morgan fingerprint density at radius 3 is 2.24 bits per heavy atom. The number of methoxy groups -OCH3 is 3. The molecule has 0 radical (unpaired) electrons. The topological polar surface area (TPSA) is 43.0 Å². The quantitative estimate of drug-likeness (QED) is 0.904. The van der Waals surface area contributed by atoms with Gasteiger partial charge in [0.25, 0.3) is 0 Å². The Morgan fingerprint density at radius 2 is 1.67 bits per heavy atom. The molecule has 118 valence electrons. The first kappa shape index (κ1) is 15.8. The molecule has 1 saturated heterocycles. The first-order valence-corrected chi connectivity index (χ1v) is 7.43. The van der Waals surface area contributed by atoms with E-state index >= 15 is 0 Å². The van der Waals surface area contributed by atoms with Crippen molar-refractivity contribution < 1.29 is 14.2 Å². The van der Waals surface area contributed by atoms with Crippen molar-refractivity contribution in [2.45, 2.75) is 25.3 Å². The van der Waals surface area contributed by atoms with E-state index in [9.17, 15) is 0 Å². The van der Waals surface area contributed by atoms with Gasteiger partial charge >= 0.3 is 0 Å². The highest BCUT2D eigenvalue weighted by atomic mass is 16.5. The number of hydrogen-bond donors (Lipinski definition) is 1. The van der Waals surface area contributed by atoms with Crippen LogP contribution < -0.4 is 19.5 Å². The van der Waals surface area contributed by atoms with E-state index in [1.54, 1.807) is 21.3 Å². The molecule has 0 aromatic heterocycles. The summed E-state index contributed by atoms with van der Waals surface area (Å²) in [6.07, 6.45) is 3.55. The van der Waals surface area contributed by atoms with Gasteiger partial charge in [0.15, 0.2) is 11.5 Å². The molecule has 1 aromatic carbocycles. The van der Waals surface area contributed by atoms with Crippen molar-refractivity contribution in [3.05, 3.63) is 12.1 Å². The molecule has 0 aliphatic carbocycles. The lowest BCUT2D eigenvalue weighted by molar-refractivity contribution is 0.324. The predicted molar refractivity (Wildman–Crippen MR) is 84.9 cm³/mol. The average molecular weight is 294 g/mol. The molecule has 0 bridgehead atoms. The number of benzene rings is 1. The van der Waals surface area contributed by atoms with E-state index in [1.165, 1.54) is 19.4 Å². The van der Waals surface area contributed by atoms with Gasteiger partial charge in [0.2, 0.25) is 5.75 Å². The highest BCUT2D eigenvalue weighted by Gasteiger charge is 2.17. The van der Waals surface area contributed by atoms with Crippen molar-refractivity contribution in [1.29, 1.82) is 0 Å². The molecule has 5 nitrogen and oxygen atoms in total. The van der Waals surface area contributed by atoms with Gasteiger partial charge in [-0.3, -0.25) is 0 Å². The Balaban J connectivity index is 2.15. The van der Waals surface area contributed by atoms with Crippen molar-refractivity contribution in [2.24, 2.45) is 0 Å². The molecule has 0 amide bonds. The summed E-state index contributed by atoms with van der Waals surface area (Å²) >= 11 is 0. The molecular weight excluding hydrogens is 268 g/mol. The maximum absolute atomic E-state index is 5.40. The van der Waals surface area contributed by atoms with Crippen LogP contribution in [0.2, 0.25) is 0 Å². The maximum atomic E-state index is 5.40. The van der Waals surface area contributed by atoms with Crippen LogP contribution in [0.25, 0.3) is 0 Å². The Hall–Kier alpha value is -1.62. The van der Waals surface area contributed by atoms with Gasteiger partial charge in [-0.1, -0.05) is 0 Å². The van der Waals surface area contributed by atoms with E-state index in [2.05, 4.69) is 17.3 Å². The van der Waals surface area contributed by atoms with Crippen molar-refractivity contribution in [2.75, 3.05) is 46.8 Å². The van der Waals surface area contributed by atoms with Gasteiger partial charge < -0.3 is 24.4 Å². The van der Waals surface area contributed by atoms with Crippen molar-refractivity contribution in [3.63, 3.8) is 0 Å². The van der Waals surface area contributed by atoms with E-state index in [0.717, 1.165) is 18.7 Å². The average Bonchev–Trinajstić information content (AvgIpc) is 2.70. The largest absolute Gasteiger partial charge is 0.493 e. The summed E-state index contributed by atoms with van der Waals surface area (Å²) < 4.78 is 16.1. The molecule has 1 aromatic rings. The number of rotatable bonds is 5. The zero-order valence-electron chi connectivity index (χ0n) is 13.4. The normalized spacial score (nSPS) is 19.7. The van der Waals surface area contributed by atoms with Crippen LogP contribution in [0, 0.1) is 0 Å². The first-order chi connectivity index (χ1) is 10.2. The summed E-state index contributed by atoms with van der Waals surface area (Å²) in [6.45, 7) is 2.30. The number of nitrogens with zero attached hydrogens (tertiary/aromatic N) is 1. The standard InChI is InChI=1S/C16H26N2O3/c1-18-8-5-6-12(7-9-18)17-13-10-14(19-2)16(21-4)15(11-13)20-3/h10-12,17H,5-9H2,1-4H3. The summed E-state index contributed by atoms with van der Waals surface area (Å²) in [5.41, 5.74) is 1.01. The molecule has 0 saturated carbocycles. The fourth-order valence-electron chi connectivity index (χ4n) is 2.78. The fraction of sp³-hybridized carbons (Fsp3) is 0.625. The zero-order valence-corrected chi connectivity index (χ0v) is 13.4. The van der Waals surface area contributed by atoms with Crippen LogP contribution >= 0.6 is 0 Å². The maximum Gasteiger partial charge on any atom is 0.203 e. The molecule has 1 N–H and O–H groups in total. The minimum Gasteiger partial charge on any atom is -0.493 e. The number of hydrogen-bond acceptors (Lipinski definition) is 5. The summed E-state index contributed by atoms with van der Waals surface area (Å²) in [6, 6.07) is 4.42. The molecule has 2 rings (SSSR count). The third-order valence-electron chi connectivity index (χ3n) is 3.99. The second-order valence-electron chi connectivity index (χ2n) is 5.49. The molecule has 1 atom stereocenters. The van der Waals surface area contributed by atoms with Crippen LogP contribution in [0.5, 0.6) is 17.2 Å². The lowest BCUT2D eigenvalue weighted by Crippen LogP contribution is -2.23. The van der Waals surface area contributed by atoms with Gasteiger partial charge in [-0.2, -0.15) is 0 Å². The van der Waals surface area contributed by atoms with Gasteiger partial charge in [0.1, 0.15) is 0 Å². The fourth-order valence-corrected chi connectivity index (χ4v) is 2.78. The minimum absolute atomic E-state index is 0.484. The minimum atomic E-state index is 0.484. The Labute approximate surface area is 127 Å². The monoisotopic (exact) mass is 294 g/mol. The number of anilines is 1. The van der Waals surface area contributed by atoms with E-state index in [1.807, 2.05) is 12.1 Å². The van der Waals surface area contributed by atoms with E-state index in [4.69, 9.17) is 14.2 Å². The van der Waals surface area contributed by atoms with E-state index < -0.39 is 0 Å². The summed E-state index contributed by atoms with van der Waals surface area (Å²) in [5, 5.41) is 3.60. The summed E-state index contributed by atoms with van der Waals surface area (Å²) in [7, 11) is 7.08. The lowest BCUT2D eigenvalue weighted by Gasteiger charge is -2.20. The highest BCUT2D eigenvalue weighted by molar-refractivity contribution is 5.62. The van der Waals surface area contributed by atoms with E-state index in [-0.39, 0.29) is 0 Å². The smallest absolute Gasteiger partial charge is 0.203 e. The third-order valence-corrected chi connectivity index (χ3v) is 3.99. The van der Waals surface area contributed by atoms with Crippen LogP contribution in [0.3, 0.4) is 0 Å². The molecule has 1 aliphatic heterocycles. The zero-order chi connectivity index (χ0) is 15.2. The van der Waals surface area contributed by atoms with Crippen LogP contribution in [-0.4, -0.2) is 52.4 Å². The molecular formula is C16H26N2O3. The molecule has 21 heavy (non-hydrogen) atoms. The number of ether oxygens (including phenoxy) is 3. The Bertz CT molecular complexity index is 440. The Morgan fingerprint density at radius 1 is 1.00 bits per heavy atom. The summed E-state index contributed by atoms with van der Waals surface area (Å²) in [4.78, 5) is 2.39. The van der Waals surface area contributed by atoms with Gasteiger partial charge in [-0.15, -0.1) is 0 Å². The number of likely N-dealkylation sites (tertiary alicyclic amines) is 1. The van der Waals surface area contributed by atoms with E-state index in [0.29, 0.717) is 23.3 Å². The number of nitrogens with one attached hydrogen (secondary N) is 1. The molecule has 1 fully saturated rings.